The molecule has 0 saturated heterocycles. The molecule has 0 bridgehead atoms. The van der Waals surface area contributed by atoms with E-state index in [0.29, 0.717) is 5.75 Å². The van der Waals surface area contributed by atoms with Crippen LogP contribution in [0.1, 0.15) is 36.0 Å². The Labute approximate surface area is 91.1 Å². The van der Waals surface area contributed by atoms with E-state index in [-0.39, 0.29) is 0 Å². The predicted molar refractivity (Wildman–Crippen MR) is 62.1 cm³/mol. The summed E-state index contributed by atoms with van der Waals surface area (Å²) >= 11 is 0. The number of phenolic OH excluding ortho intramolecular Hbond substituents is 1. The van der Waals surface area contributed by atoms with Gasteiger partial charge < -0.3 is 10.8 Å². The van der Waals surface area contributed by atoms with Crippen LogP contribution in [0.5, 0.6) is 5.75 Å². The molecule has 0 saturated carbocycles. The Morgan fingerprint density at radius 1 is 1.13 bits per heavy atom. The van der Waals surface area contributed by atoms with E-state index >= 15 is 0 Å². The highest BCUT2D eigenvalue weighted by molar-refractivity contribution is 5.45. The molecule has 3 N–H and O–H groups in total. The fraction of sp³-hybridized carbons (Fsp3) is 0.538. The van der Waals surface area contributed by atoms with Gasteiger partial charge in [0.25, 0.3) is 0 Å². The van der Waals surface area contributed by atoms with Crippen molar-refractivity contribution in [1.82, 2.24) is 0 Å². The maximum atomic E-state index is 9.78. The number of aromatic hydroxyl groups is 1. The summed E-state index contributed by atoms with van der Waals surface area (Å²) < 4.78 is 0. The van der Waals surface area contributed by atoms with Crippen LogP contribution in [0.2, 0.25) is 0 Å². The summed E-state index contributed by atoms with van der Waals surface area (Å²) in [5.74, 6) is 0.487. The monoisotopic (exact) mass is 205 g/mol. The topological polar surface area (TPSA) is 46.2 Å². The van der Waals surface area contributed by atoms with Gasteiger partial charge in [-0.1, -0.05) is 6.07 Å². The molecule has 2 nitrogen and oxygen atoms in total. The zero-order chi connectivity index (χ0) is 10.7. The molecule has 0 heterocycles. The molecule has 0 fully saturated rings. The number of nitrogens with two attached hydrogens (primary N) is 1. The van der Waals surface area contributed by atoms with Gasteiger partial charge in [-0.2, -0.15) is 0 Å². The van der Waals surface area contributed by atoms with Crippen LogP contribution in [0.25, 0.3) is 0 Å². The Kier molecular flexibility index (Phi) is 3.27. The third-order valence-corrected chi connectivity index (χ3v) is 3.26. The number of benzene rings is 1. The molecule has 0 aromatic heterocycles. The third-order valence-electron chi connectivity index (χ3n) is 3.26. The SMILES string of the molecule is NCCCc1ccc(O)c2c1CCCC2. The molecule has 1 aliphatic carbocycles. The summed E-state index contributed by atoms with van der Waals surface area (Å²) in [6.07, 6.45) is 6.73. The summed E-state index contributed by atoms with van der Waals surface area (Å²) in [4.78, 5) is 0. The van der Waals surface area contributed by atoms with Gasteiger partial charge in [-0.3, -0.25) is 0 Å². The van der Waals surface area contributed by atoms with E-state index < -0.39 is 0 Å². The maximum absolute atomic E-state index is 9.78. The molecule has 2 heteroatoms. The number of hydrogen-bond donors (Lipinski definition) is 2. The van der Waals surface area contributed by atoms with Crippen molar-refractivity contribution in [2.24, 2.45) is 5.73 Å². The highest BCUT2D eigenvalue weighted by atomic mass is 16.3. The zero-order valence-electron chi connectivity index (χ0n) is 9.13. The van der Waals surface area contributed by atoms with E-state index in [0.717, 1.165) is 32.2 Å². The van der Waals surface area contributed by atoms with E-state index in [9.17, 15) is 5.11 Å². The fourth-order valence-electron chi connectivity index (χ4n) is 2.45. The lowest BCUT2D eigenvalue weighted by Crippen LogP contribution is -2.08. The van der Waals surface area contributed by atoms with Crippen molar-refractivity contribution in [3.8, 4) is 5.75 Å². The van der Waals surface area contributed by atoms with E-state index in [2.05, 4.69) is 6.07 Å². The van der Waals surface area contributed by atoms with Crippen LogP contribution < -0.4 is 5.73 Å². The number of hydrogen-bond acceptors (Lipinski definition) is 2. The van der Waals surface area contributed by atoms with Gasteiger partial charge in [-0.05, 0) is 67.8 Å². The van der Waals surface area contributed by atoms with E-state index in [1.807, 2.05) is 6.07 Å². The summed E-state index contributed by atoms with van der Waals surface area (Å²) in [6.45, 7) is 0.746. The molecule has 0 amide bonds. The van der Waals surface area contributed by atoms with E-state index in [1.165, 1.54) is 29.5 Å². The third kappa shape index (κ3) is 2.15. The largest absolute Gasteiger partial charge is 0.508 e. The van der Waals surface area contributed by atoms with E-state index in [1.54, 1.807) is 0 Å². The number of rotatable bonds is 3. The summed E-state index contributed by atoms with van der Waals surface area (Å²) in [6, 6.07) is 3.91. The number of fused-ring (bicyclic) bond motifs is 1. The Balaban J connectivity index is 2.30. The molecule has 15 heavy (non-hydrogen) atoms. The smallest absolute Gasteiger partial charge is 0.119 e. The summed E-state index contributed by atoms with van der Waals surface area (Å²) in [5, 5.41) is 9.78. The second-order valence-corrected chi connectivity index (χ2v) is 4.30. The van der Waals surface area contributed by atoms with Crippen molar-refractivity contribution >= 4 is 0 Å². The predicted octanol–water partition coefficient (Wildman–Crippen LogP) is 2.16. The van der Waals surface area contributed by atoms with Gasteiger partial charge in [0.1, 0.15) is 5.75 Å². The highest BCUT2D eigenvalue weighted by Gasteiger charge is 2.16. The van der Waals surface area contributed by atoms with Crippen molar-refractivity contribution < 1.29 is 5.11 Å². The average Bonchev–Trinajstić information content (AvgIpc) is 2.29. The van der Waals surface area contributed by atoms with Crippen molar-refractivity contribution in [1.29, 1.82) is 0 Å². The molecule has 0 spiro atoms. The highest BCUT2D eigenvalue weighted by Crippen LogP contribution is 2.31. The lowest BCUT2D eigenvalue weighted by atomic mass is 9.86. The molecular formula is C13H19NO. The zero-order valence-corrected chi connectivity index (χ0v) is 9.13. The standard InChI is InChI=1S/C13H19NO/c14-9-3-4-10-7-8-13(15)12-6-2-1-5-11(10)12/h7-8,15H,1-6,9,14H2. The lowest BCUT2D eigenvalue weighted by Gasteiger charge is -2.20. The number of aryl methyl sites for hydroxylation is 1. The van der Waals surface area contributed by atoms with Crippen LogP contribution in [-0.2, 0) is 19.3 Å². The van der Waals surface area contributed by atoms with Crippen LogP contribution in [0, 0.1) is 0 Å². The average molecular weight is 205 g/mol. The second-order valence-electron chi connectivity index (χ2n) is 4.30. The molecule has 0 atom stereocenters. The van der Waals surface area contributed by atoms with Gasteiger partial charge in [-0.15, -0.1) is 0 Å². The molecule has 0 unspecified atom stereocenters. The van der Waals surface area contributed by atoms with E-state index in [4.69, 9.17) is 5.73 Å². The van der Waals surface area contributed by atoms with Gasteiger partial charge in [-0.25, -0.2) is 0 Å². The molecular weight excluding hydrogens is 186 g/mol. The van der Waals surface area contributed by atoms with Crippen LogP contribution >= 0.6 is 0 Å². The van der Waals surface area contributed by atoms with Crippen LogP contribution in [0.15, 0.2) is 12.1 Å². The molecule has 1 aliphatic rings. The summed E-state index contributed by atoms with van der Waals surface area (Å²) in [7, 11) is 0. The van der Waals surface area contributed by atoms with Gasteiger partial charge >= 0.3 is 0 Å². The molecule has 0 aliphatic heterocycles. The Bertz CT molecular complexity index is 347. The minimum absolute atomic E-state index is 0.487. The number of phenols is 1. The van der Waals surface area contributed by atoms with Crippen molar-refractivity contribution in [3.63, 3.8) is 0 Å². The molecule has 1 aromatic rings. The van der Waals surface area contributed by atoms with Gasteiger partial charge in [0.15, 0.2) is 0 Å². The van der Waals surface area contributed by atoms with Gasteiger partial charge in [0.05, 0.1) is 0 Å². The first kappa shape index (κ1) is 10.5. The lowest BCUT2D eigenvalue weighted by molar-refractivity contribution is 0.461. The first-order chi connectivity index (χ1) is 7.33. The van der Waals surface area contributed by atoms with Crippen LogP contribution in [0.4, 0.5) is 0 Å². The first-order valence-corrected chi connectivity index (χ1v) is 5.85. The Hall–Kier alpha value is -1.02. The van der Waals surface area contributed by atoms with Crippen LogP contribution in [0.3, 0.4) is 0 Å². The Morgan fingerprint density at radius 2 is 1.87 bits per heavy atom. The molecule has 1 aromatic carbocycles. The minimum Gasteiger partial charge on any atom is -0.508 e. The minimum atomic E-state index is 0.487. The summed E-state index contributed by atoms with van der Waals surface area (Å²) in [5.41, 5.74) is 9.52. The quantitative estimate of drug-likeness (QED) is 0.794. The van der Waals surface area contributed by atoms with Crippen molar-refractivity contribution in [3.05, 3.63) is 28.8 Å². The molecule has 0 radical (unpaired) electrons. The second kappa shape index (κ2) is 4.67. The van der Waals surface area contributed by atoms with Gasteiger partial charge in [0.2, 0.25) is 0 Å². The molecule has 2 rings (SSSR count). The van der Waals surface area contributed by atoms with Crippen LogP contribution in [-0.4, -0.2) is 11.7 Å². The Morgan fingerprint density at radius 3 is 2.60 bits per heavy atom. The maximum Gasteiger partial charge on any atom is 0.119 e. The molecule has 82 valence electrons. The van der Waals surface area contributed by atoms with Crippen molar-refractivity contribution in [2.75, 3.05) is 6.54 Å². The normalized spacial score (nSPS) is 15.0. The van der Waals surface area contributed by atoms with Gasteiger partial charge in [0, 0.05) is 0 Å². The fourth-order valence-corrected chi connectivity index (χ4v) is 2.45. The van der Waals surface area contributed by atoms with Crippen molar-refractivity contribution in [2.45, 2.75) is 38.5 Å². The first-order valence-electron chi connectivity index (χ1n) is 5.85.